The standard InChI is InChI=1S/C38H41F3N6O5/c1-23-19-47(24(2)22-48)36(50)29-7-6-10-32(45-37(51)43-28-17-15-27(16-18-28)38(39,40)41)34(29)52-33(23)21-46(3)20-25-11-13-26(14-12-25)35(49)44-31-9-5-4-8-30(31)42/h4-18,23-24,33,48H,19-22,42H2,1-3H3,(H,44,49)(H2,43,45,51)/t23-,24-,33-/m1/s1. The Labute approximate surface area is 299 Å². The van der Waals surface area contributed by atoms with Gasteiger partial charge in [-0.1, -0.05) is 37.3 Å². The second-order valence-electron chi connectivity index (χ2n) is 12.9. The lowest BCUT2D eigenvalue weighted by molar-refractivity contribution is -0.137. The number of para-hydroxylation sites is 3. The predicted octanol–water partition coefficient (Wildman–Crippen LogP) is 6.54. The van der Waals surface area contributed by atoms with Gasteiger partial charge in [-0.25, -0.2) is 4.79 Å². The largest absolute Gasteiger partial charge is 0.486 e. The lowest BCUT2D eigenvalue weighted by atomic mass is 9.98. The van der Waals surface area contributed by atoms with Gasteiger partial charge >= 0.3 is 12.2 Å². The summed E-state index contributed by atoms with van der Waals surface area (Å²) in [7, 11) is 1.91. The number of hydrogen-bond donors (Lipinski definition) is 5. The van der Waals surface area contributed by atoms with Crippen LogP contribution in [0.4, 0.5) is 40.7 Å². The molecule has 0 saturated carbocycles. The number of anilines is 4. The fraction of sp³-hybridized carbons (Fsp3) is 0.289. The van der Waals surface area contributed by atoms with Crippen LogP contribution >= 0.6 is 0 Å². The van der Waals surface area contributed by atoms with Crippen LogP contribution in [0.1, 0.15) is 45.7 Å². The van der Waals surface area contributed by atoms with Crippen molar-refractivity contribution in [1.29, 1.82) is 0 Å². The molecule has 0 unspecified atom stereocenters. The van der Waals surface area contributed by atoms with E-state index in [0.717, 1.165) is 29.8 Å². The number of hydrogen-bond acceptors (Lipinski definition) is 7. The predicted molar refractivity (Wildman–Crippen MR) is 193 cm³/mol. The first kappa shape index (κ1) is 37.7. The van der Waals surface area contributed by atoms with E-state index in [0.29, 0.717) is 36.6 Å². The van der Waals surface area contributed by atoms with E-state index in [1.165, 1.54) is 0 Å². The van der Waals surface area contributed by atoms with E-state index in [9.17, 15) is 32.7 Å². The maximum Gasteiger partial charge on any atom is 0.416 e. The van der Waals surface area contributed by atoms with Crippen LogP contribution in [0.2, 0.25) is 0 Å². The Morgan fingerprint density at radius 1 is 0.962 bits per heavy atom. The lowest BCUT2D eigenvalue weighted by Crippen LogP contribution is -2.49. The number of likely N-dealkylation sites (N-methyl/N-ethyl adjacent to an activating group) is 1. The number of urea groups is 1. The van der Waals surface area contributed by atoms with Gasteiger partial charge in [-0.3, -0.25) is 14.5 Å². The number of fused-ring (bicyclic) bond motifs is 1. The van der Waals surface area contributed by atoms with Crippen LogP contribution in [0.5, 0.6) is 5.75 Å². The number of carbonyl (C=O) groups is 3. The monoisotopic (exact) mass is 718 g/mol. The average Bonchev–Trinajstić information content (AvgIpc) is 3.10. The van der Waals surface area contributed by atoms with Gasteiger partial charge in [0.05, 0.1) is 40.8 Å². The van der Waals surface area contributed by atoms with Crippen LogP contribution in [0, 0.1) is 5.92 Å². The van der Waals surface area contributed by atoms with Crippen molar-refractivity contribution in [3.8, 4) is 5.75 Å². The average molecular weight is 719 g/mol. The summed E-state index contributed by atoms with van der Waals surface area (Å²) in [5, 5.41) is 18.0. The zero-order valence-corrected chi connectivity index (χ0v) is 28.9. The van der Waals surface area contributed by atoms with Crippen molar-refractivity contribution in [3.05, 3.63) is 113 Å². The molecule has 14 heteroatoms. The number of nitrogen functional groups attached to an aromatic ring is 1. The van der Waals surface area contributed by atoms with Gasteiger partial charge in [0, 0.05) is 36.8 Å². The molecule has 1 heterocycles. The second-order valence-corrected chi connectivity index (χ2v) is 12.9. The molecule has 5 rings (SSSR count). The Morgan fingerprint density at radius 3 is 2.29 bits per heavy atom. The topological polar surface area (TPSA) is 149 Å². The van der Waals surface area contributed by atoms with E-state index in [1.807, 2.05) is 31.0 Å². The number of nitrogens with zero attached hydrogens (tertiary/aromatic N) is 2. The van der Waals surface area contributed by atoms with Crippen molar-refractivity contribution in [1.82, 2.24) is 9.80 Å². The highest BCUT2D eigenvalue weighted by molar-refractivity contribution is 6.06. The first-order valence-electron chi connectivity index (χ1n) is 16.6. The number of halogens is 3. The highest BCUT2D eigenvalue weighted by Gasteiger charge is 2.35. The third-order valence-electron chi connectivity index (χ3n) is 8.78. The summed E-state index contributed by atoms with van der Waals surface area (Å²) >= 11 is 0. The van der Waals surface area contributed by atoms with Crippen molar-refractivity contribution >= 4 is 40.6 Å². The Balaban J connectivity index is 1.32. The molecule has 52 heavy (non-hydrogen) atoms. The van der Waals surface area contributed by atoms with Gasteiger partial charge in [0.2, 0.25) is 0 Å². The minimum atomic E-state index is -4.52. The molecule has 0 bridgehead atoms. The van der Waals surface area contributed by atoms with Gasteiger partial charge in [0.15, 0.2) is 5.75 Å². The summed E-state index contributed by atoms with van der Waals surface area (Å²) in [4.78, 5) is 43.3. The van der Waals surface area contributed by atoms with Crippen LogP contribution in [0.15, 0.2) is 91.0 Å². The van der Waals surface area contributed by atoms with Crippen LogP contribution in [-0.4, -0.2) is 71.6 Å². The number of amides is 4. The number of nitrogens with one attached hydrogen (secondary N) is 3. The number of benzene rings is 4. The van der Waals surface area contributed by atoms with E-state index >= 15 is 0 Å². The molecule has 0 fully saturated rings. The minimum absolute atomic E-state index is 0.129. The Kier molecular flexibility index (Phi) is 11.7. The number of alkyl halides is 3. The molecule has 0 radical (unpaired) electrons. The maximum absolute atomic E-state index is 13.8. The van der Waals surface area contributed by atoms with Crippen LogP contribution < -0.4 is 26.4 Å². The number of rotatable bonds is 10. The van der Waals surface area contributed by atoms with E-state index in [-0.39, 0.29) is 47.0 Å². The molecule has 0 aromatic heterocycles. The van der Waals surface area contributed by atoms with Crippen LogP contribution in [-0.2, 0) is 12.7 Å². The van der Waals surface area contributed by atoms with Crippen molar-refractivity contribution in [2.75, 3.05) is 48.4 Å². The molecule has 274 valence electrons. The maximum atomic E-state index is 13.8. The van der Waals surface area contributed by atoms with Gasteiger partial charge < -0.3 is 36.4 Å². The zero-order valence-electron chi connectivity index (χ0n) is 28.9. The van der Waals surface area contributed by atoms with Gasteiger partial charge in [-0.05, 0) is 80.2 Å². The smallest absolute Gasteiger partial charge is 0.416 e. The molecule has 0 spiro atoms. The minimum Gasteiger partial charge on any atom is -0.486 e. The van der Waals surface area contributed by atoms with Crippen molar-refractivity contribution in [3.63, 3.8) is 0 Å². The quantitative estimate of drug-likeness (QED) is 0.117. The molecule has 4 aromatic carbocycles. The summed E-state index contributed by atoms with van der Waals surface area (Å²) in [6.07, 6.45) is -5.01. The number of aliphatic hydroxyl groups excluding tert-OH is 1. The van der Waals surface area contributed by atoms with Crippen molar-refractivity contribution in [2.24, 2.45) is 5.92 Å². The fourth-order valence-corrected chi connectivity index (χ4v) is 5.84. The lowest BCUT2D eigenvalue weighted by Gasteiger charge is -2.38. The molecule has 1 aliphatic heterocycles. The van der Waals surface area contributed by atoms with Gasteiger partial charge in [0.25, 0.3) is 11.8 Å². The summed E-state index contributed by atoms with van der Waals surface area (Å²) in [5.41, 5.74) is 7.99. The molecule has 6 N–H and O–H groups in total. The highest BCUT2D eigenvalue weighted by Crippen LogP contribution is 2.35. The molecule has 0 aliphatic carbocycles. The molecule has 0 saturated heterocycles. The van der Waals surface area contributed by atoms with Gasteiger partial charge in [-0.15, -0.1) is 0 Å². The molecular weight excluding hydrogens is 677 g/mol. The highest BCUT2D eigenvalue weighted by atomic mass is 19.4. The Bertz CT molecular complexity index is 1890. The molecule has 4 amide bonds. The first-order chi connectivity index (χ1) is 24.7. The number of nitrogens with two attached hydrogens (primary N) is 1. The summed E-state index contributed by atoms with van der Waals surface area (Å²) < 4.78 is 45.6. The Morgan fingerprint density at radius 2 is 1.63 bits per heavy atom. The first-order valence-corrected chi connectivity index (χ1v) is 16.6. The summed E-state index contributed by atoms with van der Waals surface area (Å²) in [5.74, 6) is -0.772. The SMILES string of the molecule is C[C@@H]1CN([C@H](C)CO)C(=O)c2cccc(NC(=O)Nc3ccc(C(F)(F)F)cc3)c2O[C@@H]1CN(C)Cc1ccc(C(=O)Nc2ccccc2N)cc1. The van der Waals surface area contributed by atoms with Crippen LogP contribution in [0.25, 0.3) is 0 Å². The van der Waals surface area contributed by atoms with Crippen molar-refractivity contribution < 1.29 is 37.4 Å². The van der Waals surface area contributed by atoms with E-state index < -0.39 is 29.9 Å². The zero-order chi connectivity index (χ0) is 37.6. The third-order valence-corrected chi connectivity index (χ3v) is 8.78. The number of ether oxygens (including phenoxy) is 1. The molecule has 1 aliphatic rings. The summed E-state index contributed by atoms with van der Waals surface area (Å²) in [6, 6.07) is 21.7. The number of carbonyl (C=O) groups excluding carboxylic acids is 3. The summed E-state index contributed by atoms with van der Waals surface area (Å²) in [6.45, 7) is 4.61. The van der Waals surface area contributed by atoms with Gasteiger partial charge in [-0.2, -0.15) is 13.2 Å². The molecule has 11 nitrogen and oxygen atoms in total. The molecule has 3 atom stereocenters. The molecule has 4 aromatic rings. The number of aliphatic hydroxyl groups is 1. The van der Waals surface area contributed by atoms with E-state index in [4.69, 9.17) is 10.5 Å². The normalized spacial score (nSPS) is 16.6. The van der Waals surface area contributed by atoms with E-state index in [1.54, 1.807) is 66.4 Å². The van der Waals surface area contributed by atoms with E-state index in [2.05, 4.69) is 16.0 Å². The molecular formula is C38H41F3N6O5. The van der Waals surface area contributed by atoms with Crippen molar-refractivity contribution in [2.45, 2.75) is 38.7 Å². The second kappa shape index (κ2) is 16.2. The van der Waals surface area contributed by atoms with Crippen LogP contribution in [0.3, 0.4) is 0 Å². The van der Waals surface area contributed by atoms with Gasteiger partial charge in [0.1, 0.15) is 6.10 Å². The Hall–Kier alpha value is -5.60. The fourth-order valence-electron chi connectivity index (χ4n) is 5.84. The third kappa shape index (κ3) is 9.19.